The second kappa shape index (κ2) is 7.55. The number of para-hydroxylation sites is 1. The van der Waals surface area contributed by atoms with Gasteiger partial charge in [-0.1, -0.05) is 31.5 Å². The maximum Gasteiger partial charge on any atom is 0.0366 e. The predicted molar refractivity (Wildman–Crippen MR) is 94.4 cm³/mol. The first kappa shape index (κ1) is 15.2. The van der Waals surface area contributed by atoms with Gasteiger partial charge in [0.05, 0.1) is 0 Å². The van der Waals surface area contributed by atoms with Gasteiger partial charge in [-0.2, -0.15) is 11.8 Å². The third-order valence-electron chi connectivity index (χ3n) is 4.90. The summed E-state index contributed by atoms with van der Waals surface area (Å²) >= 11 is 2.16. The smallest absolute Gasteiger partial charge is 0.0366 e. The number of benzene rings is 1. The summed E-state index contributed by atoms with van der Waals surface area (Å²) in [6.07, 6.45) is 6.79. The summed E-state index contributed by atoms with van der Waals surface area (Å²) in [5, 5.41) is 4.84. The molecule has 1 aliphatic carbocycles. The molecule has 0 spiro atoms. The Kier molecular flexibility index (Phi) is 5.48. The second-order valence-electron chi connectivity index (χ2n) is 6.29. The lowest BCUT2D eigenvalue weighted by Crippen LogP contribution is -2.48. The molecule has 0 aromatic heterocycles. The standard InChI is InChI=1S/C18H28N2S/c1-2-21-18-10-6-9-17(18)19-15-11-13-20(14-12-15)16-7-4-3-5-8-16/h3-5,7-8,15,17-19H,2,6,9-14H2,1H3. The van der Waals surface area contributed by atoms with Crippen LogP contribution in [0.4, 0.5) is 5.69 Å². The van der Waals surface area contributed by atoms with Gasteiger partial charge in [-0.3, -0.25) is 0 Å². The summed E-state index contributed by atoms with van der Waals surface area (Å²) < 4.78 is 0. The van der Waals surface area contributed by atoms with E-state index in [1.807, 2.05) is 0 Å². The highest BCUT2D eigenvalue weighted by atomic mass is 32.2. The van der Waals surface area contributed by atoms with Crippen LogP contribution in [0.2, 0.25) is 0 Å². The van der Waals surface area contributed by atoms with Gasteiger partial charge in [0.15, 0.2) is 0 Å². The van der Waals surface area contributed by atoms with Crippen LogP contribution in [0.25, 0.3) is 0 Å². The second-order valence-corrected chi connectivity index (χ2v) is 7.81. The van der Waals surface area contributed by atoms with E-state index >= 15 is 0 Å². The van der Waals surface area contributed by atoms with E-state index in [2.05, 4.69) is 59.2 Å². The molecule has 1 saturated heterocycles. The van der Waals surface area contributed by atoms with E-state index in [1.165, 1.54) is 56.6 Å². The molecule has 1 saturated carbocycles. The molecule has 0 bridgehead atoms. The van der Waals surface area contributed by atoms with Gasteiger partial charge in [-0.15, -0.1) is 0 Å². The lowest BCUT2D eigenvalue weighted by Gasteiger charge is -2.36. The molecule has 1 N–H and O–H groups in total. The maximum absolute atomic E-state index is 3.98. The van der Waals surface area contributed by atoms with E-state index in [1.54, 1.807) is 0 Å². The Hall–Kier alpha value is -0.670. The quantitative estimate of drug-likeness (QED) is 0.887. The van der Waals surface area contributed by atoms with E-state index in [9.17, 15) is 0 Å². The Bertz CT molecular complexity index is 414. The van der Waals surface area contributed by atoms with Gasteiger partial charge >= 0.3 is 0 Å². The molecule has 1 aromatic rings. The zero-order valence-electron chi connectivity index (χ0n) is 13.1. The molecule has 0 amide bonds. The molecular formula is C18H28N2S. The Morgan fingerprint density at radius 3 is 2.57 bits per heavy atom. The topological polar surface area (TPSA) is 15.3 Å². The maximum atomic E-state index is 3.98. The fourth-order valence-electron chi connectivity index (χ4n) is 3.78. The van der Waals surface area contributed by atoms with E-state index < -0.39 is 0 Å². The summed E-state index contributed by atoms with van der Waals surface area (Å²) in [5.74, 6) is 1.26. The van der Waals surface area contributed by atoms with E-state index in [-0.39, 0.29) is 0 Å². The summed E-state index contributed by atoms with van der Waals surface area (Å²) in [4.78, 5) is 2.53. The molecule has 2 fully saturated rings. The summed E-state index contributed by atoms with van der Waals surface area (Å²) in [6.45, 7) is 4.68. The highest BCUT2D eigenvalue weighted by Crippen LogP contribution is 2.31. The van der Waals surface area contributed by atoms with Crippen LogP contribution in [0.15, 0.2) is 30.3 Å². The van der Waals surface area contributed by atoms with Crippen LogP contribution in [-0.2, 0) is 0 Å². The molecule has 1 heterocycles. The van der Waals surface area contributed by atoms with Gasteiger partial charge < -0.3 is 10.2 Å². The van der Waals surface area contributed by atoms with E-state index in [0.29, 0.717) is 0 Å². The highest BCUT2D eigenvalue weighted by Gasteiger charge is 2.30. The molecule has 2 unspecified atom stereocenters. The van der Waals surface area contributed by atoms with Crippen LogP contribution >= 0.6 is 11.8 Å². The number of rotatable bonds is 5. The number of hydrogen-bond acceptors (Lipinski definition) is 3. The van der Waals surface area contributed by atoms with Crippen molar-refractivity contribution in [2.45, 2.75) is 56.4 Å². The van der Waals surface area contributed by atoms with Gasteiger partial charge in [0, 0.05) is 36.1 Å². The number of thioether (sulfide) groups is 1. The van der Waals surface area contributed by atoms with Crippen LogP contribution in [0.3, 0.4) is 0 Å². The molecule has 0 radical (unpaired) electrons. The number of anilines is 1. The van der Waals surface area contributed by atoms with Crippen LogP contribution in [0, 0.1) is 0 Å². The van der Waals surface area contributed by atoms with Crippen LogP contribution in [0.1, 0.15) is 39.0 Å². The van der Waals surface area contributed by atoms with Crippen molar-refractivity contribution >= 4 is 17.4 Å². The summed E-state index contributed by atoms with van der Waals surface area (Å²) in [7, 11) is 0. The highest BCUT2D eigenvalue weighted by molar-refractivity contribution is 7.99. The Labute approximate surface area is 133 Å². The van der Waals surface area contributed by atoms with Crippen molar-refractivity contribution in [1.29, 1.82) is 0 Å². The Morgan fingerprint density at radius 2 is 1.86 bits per heavy atom. The molecular weight excluding hydrogens is 276 g/mol. The number of hydrogen-bond donors (Lipinski definition) is 1. The van der Waals surface area contributed by atoms with Crippen molar-refractivity contribution in [1.82, 2.24) is 5.32 Å². The molecule has 1 aromatic carbocycles. The van der Waals surface area contributed by atoms with Crippen molar-refractivity contribution in [3.05, 3.63) is 30.3 Å². The average Bonchev–Trinajstić information content (AvgIpc) is 2.96. The minimum absolute atomic E-state index is 0.730. The fraction of sp³-hybridized carbons (Fsp3) is 0.667. The molecule has 1 aliphatic heterocycles. The molecule has 3 rings (SSSR count). The lowest BCUT2D eigenvalue weighted by molar-refractivity contribution is 0.370. The van der Waals surface area contributed by atoms with Gasteiger partial charge in [-0.25, -0.2) is 0 Å². The molecule has 2 atom stereocenters. The van der Waals surface area contributed by atoms with E-state index in [4.69, 9.17) is 0 Å². The molecule has 3 heteroatoms. The normalized spacial score (nSPS) is 27.2. The van der Waals surface area contributed by atoms with Crippen molar-refractivity contribution in [2.75, 3.05) is 23.7 Å². The van der Waals surface area contributed by atoms with Crippen molar-refractivity contribution < 1.29 is 0 Å². The molecule has 116 valence electrons. The zero-order valence-corrected chi connectivity index (χ0v) is 13.9. The molecule has 2 aliphatic rings. The molecule has 21 heavy (non-hydrogen) atoms. The first-order chi connectivity index (χ1) is 10.4. The number of nitrogens with zero attached hydrogens (tertiary/aromatic N) is 1. The van der Waals surface area contributed by atoms with Crippen molar-refractivity contribution in [2.24, 2.45) is 0 Å². The Morgan fingerprint density at radius 1 is 1.10 bits per heavy atom. The van der Waals surface area contributed by atoms with Crippen molar-refractivity contribution in [3.63, 3.8) is 0 Å². The number of nitrogens with one attached hydrogen (secondary N) is 1. The minimum Gasteiger partial charge on any atom is -0.371 e. The average molecular weight is 305 g/mol. The third kappa shape index (κ3) is 3.95. The lowest BCUT2D eigenvalue weighted by atomic mass is 10.0. The van der Waals surface area contributed by atoms with Gasteiger partial charge in [0.1, 0.15) is 0 Å². The Balaban J connectivity index is 1.47. The predicted octanol–water partition coefficient (Wildman–Crippen LogP) is 3.92. The minimum atomic E-state index is 0.730. The van der Waals surface area contributed by atoms with E-state index in [0.717, 1.165) is 17.3 Å². The first-order valence-electron chi connectivity index (χ1n) is 8.54. The zero-order chi connectivity index (χ0) is 14.5. The monoisotopic (exact) mass is 304 g/mol. The SMILES string of the molecule is CCSC1CCCC1NC1CCN(c2ccccc2)CC1. The fourth-order valence-corrected chi connectivity index (χ4v) is 4.98. The van der Waals surface area contributed by atoms with Gasteiger partial charge in [-0.05, 0) is 43.6 Å². The van der Waals surface area contributed by atoms with Crippen LogP contribution in [0.5, 0.6) is 0 Å². The van der Waals surface area contributed by atoms with Gasteiger partial charge in [0.25, 0.3) is 0 Å². The summed E-state index contributed by atoms with van der Waals surface area (Å²) in [6, 6.07) is 12.4. The summed E-state index contributed by atoms with van der Waals surface area (Å²) in [5.41, 5.74) is 1.39. The molecule has 2 nitrogen and oxygen atoms in total. The van der Waals surface area contributed by atoms with Gasteiger partial charge in [0.2, 0.25) is 0 Å². The largest absolute Gasteiger partial charge is 0.371 e. The first-order valence-corrected chi connectivity index (χ1v) is 9.59. The third-order valence-corrected chi connectivity index (χ3v) is 6.23. The van der Waals surface area contributed by atoms with Crippen molar-refractivity contribution in [3.8, 4) is 0 Å². The van der Waals surface area contributed by atoms with Crippen LogP contribution in [-0.4, -0.2) is 36.2 Å². The van der Waals surface area contributed by atoms with Crippen LogP contribution < -0.4 is 10.2 Å². The number of piperidine rings is 1.